The number of benzene rings is 1. The zero-order valence-electron chi connectivity index (χ0n) is 19.2. The summed E-state index contributed by atoms with van der Waals surface area (Å²) in [6.45, 7) is 0.217. The molecule has 1 heterocycles. The van der Waals surface area contributed by atoms with E-state index in [2.05, 4.69) is 4.72 Å². The summed E-state index contributed by atoms with van der Waals surface area (Å²) < 4.78 is 68.3. The summed E-state index contributed by atoms with van der Waals surface area (Å²) in [5.41, 5.74) is 6.25. The number of carbonyl (C=O) groups is 2. The number of nitrogens with one attached hydrogen (secondary N) is 1. The van der Waals surface area contributed by atoms with E-state index < -0.39 is 56.6 Å². The van der Waals surface area contributed by atoms with Crippen LogP contribution in [0.3, 0.4) is 0 Å². The fourth-order valence-corrected chi connectivity index (χ4v) is 6.17. The van der Waals surface area contributed by atoms with Gasteiger partial charge in [0.2, 0.25) is 21.8 Å². The molecule has 0 radical (unpaired) electrons. The zero-order chi connectivity index (χ0) is 25.2. The summed E-state index contributed by atoms with van der Waals surface area (Å²) in [5, 5.41) is 0. The third-order valence-corrected chi connectivity index (χ3v) is 8.18. The summed E-state index contributed by atoms with van der Waals surface area (Å²) in [4.78, 5) is 27.9. The van der Waals surface area contributed by atoms with Crippen LogP contribution in [0.2, 0.25) is 0 Å². The molecule has 12 heteroatoms. The van der Waals surface area contributed by atoms with E-state index in [1.165, 1.54) is 9.80 Å². The van der Waals surface area contributed by atoms with Gasteiger partial charge in [-0.1, -0.05) is 0 Å². The highest BCUT2D eigenvalue weighted by Gasteiger charge is 2.42. The van der Waals surface area contributed by atoms with Crippen molar-refractivity contribution in [2.75, 3.05) is 27.2 Å². The van der Waals surface area contributed by atoms with E-state index in [1.807, 2.05) is 0 Å². The first-order chi connectivity index (χ1) is 15.9. The minimum absolute atomic E-state index is 0.0378. The van der Waals surface area contributed by atoms with Gasteiger partial charge in [-0.25, -0.2) is 26.3 Å². The Hall–Kier alpha value is -2.18. The van der Waals surface area contributed by atoms with Crippen molar-refractivity contribution in [1.29, 1.82) is 0 Å². The Bertz CT molecular complexity index is 1020. The lowest BCUT2D eigenvalue weighted by atomic mass is 9.74. The topological polar surface area (TPSA) is 113 Å². The van der Waals surface area contributed by atoms with Crippen LogP contribution in [0.1, 0.15) is 32.1 Å². The van der Waals surface area contributed by atoms with Gasteiger partial charge in [0.25, 0.3) is 0 Å². The maximum absolute atomic E-state index is 14.0. The second-order valence-corrected chi connectivity index (χ2v) is 10.9. The Morgan fingerprint density at radius 3 is 2.32 bits per heavy atom. The van der Waals surface area contributed by atoms with E-state index in [9.17, 15) is 31.2 Å². The molecule has 1 aliphatic heterocycles. The predicted molar refractivity (Wildman–Crippen MR) is 119 cm³/mol. The molecule has 8 nitrogen and oxygen atoms in total. The van der Waals surface area contributed by atoms with Gasteiger partial charge in [0.1, 0.15) is 22.7 Å². The minimum Gasteiger partial charge on any atom is -0.349 e. The van der Waals surface area contributed by atoms with E-state index in [1.54, 1.807) is 14.1 Å². The van der Waals surface area contributed by atoms with Gasteiger partial charge in [-0.05, 0) is 50.2 Å². The molecule has 1 saturated heterocycles. The van der Waals surface area contributed by atoms with Crippen molar-refractivity contribution in [3.05, 3.63) is 29.8 Å². The van der Waals surface area contributed by atoms with E-state index in [4.69, 9.17) is 5.73 Å². The molecule has 3 rings (SSSR count). The highest BCUT2D eigenvalue weighted by molar-refractivity contribution is 7.89. The summed E-state index contributed by atoms with van der Waals surface area (Å²) >= 11 is 0. The quantitative estimate of drug-likeness (QED) is 0.583. The maximum Gasteiger partial charge on any atom is 0.243 e. The maximum atomic E-state index is 14.0. The fourth-order valence-electron chi connectivity index (χ4n) is 4.80. The molecule has 1 aliphatic carbocycles. The largest absolute Gasteiger partial charge is 0.349 e. The van der Waals surface area contributed by atoms with Gasteiger partial charge < -0.3 is 15.5 Å². The van der Waals surface area contributed by atoms with Gasteiger partial charge in [0.15, 0.2) is 0 Å². The Morgan fingerprint density at radius 2 is 1.79 bits per heavy atom. The molecular formula is C22H31F3N4O4S. The van der Waals surface area contributed by atoms with Crippen LogP contribution in [0.5, 0.6) is 0 Å². The van der Waals surface area contributed by atoms with Crippen molar-refractivity contribution in [2.45, 2.75) is 55.3 Å². The molecule has 0 spiro atoms. The second-order valence-electron chi connectivity index (χ2n) is 9.26. The SMILES string of the molecule is CN(C)C(=O)[C@@H](C1CCC(NS(=O)(=O)c2ccc(F)cc2F)CC1)[C@H](N)C(=O)N1CC[C@H](F)C1. The van der Waals surface area contributed by atoms with E-state index >= 15 is 0 Å². The van der Waals surface area contributed by atoms with Gasteiger partial charge >= 0.3 is 0 Å². The van der Waals surface area contributed by atoms with Gasteiger partial charge in [0.05, 0.1) is 18.5 Å². The van der Waals surface area contributed by atoms with Crippen molar-refractivity contribution in [3.63, 3.8) is 0 Å². The van der Waals surface area contributed by atoms with Crippen LogP contribution in [0, 0.1) is 23.5 Å². The van der Waals surface area contributed by atoms with Crippen molar-refractivity contribution in [3.8, 4) is 0 Å². The summed E-state index contributed by atoms with van der Waals surface area (Å²) in [5.74, 6) is -3.94. The third-order valence-electron chi connectivity index (χ3n) is 6.63. The van der Waals surface area contributed by atoms with Crippen LogP contribution in [0.4, 0.5) is 13.2 Å². The highest BCUT2D eigenvalue weighted by Crippen LogP contribution is 2.34. The molecule has 3 N–H and O–H groups in total. The number of hydrogen-bond acceptors (Lipinski definition) is 5. The number of amides is 2. The number of alkyl halides is 1. The Balaban J connectivity index is 1.68. The van der Waals surface area contributed by atoms with Crippen LogP contribution in [0.15, 0.2) is 23.1 Å². The minimum atomic E-state index is -4.21. The Labute approximate surface area is 197 Å². The molecule has 0 bridgehead atoms. The first-order valence-electron chi connectivity index (χ1n) is 11.3. The van der Waals surface area contributed by atoms with Crippen LogP contribution < -0.4 is 10.5 Å². The molecular weight excluding hydrogens is 473 g/mol. The van der Waals surface area contributed by atoms with Crippen LogP contribution in [-0.2, 0) is 19.6 Å². The molecule has 0 aromatic heterocycles. The summed E-state index contributed by atoms with van der Waals surface area (Å²) in [6.07, 6.45) is 0.660. The number of rotatable bonds is 7. The number of hydrogen-bond donors (Lipinski definition) is 2. The van der Waals surface area contributed by atoms with E-state index in [-0.39, 0.29) is 31.3 Å². The average molecular weight is 505 g/mol. The van der Waals surface area contributed by atoms with Crippen molar-refractivity contribution in [2.24, 2.45) is 17.6 Å². The number of nitrogens with zero attached hydrogens (tertiary/aromatic N) is 2. The number of likely N-dealkylation sites (tertiary alicyclic amines) is 1. The van der Waals surface area contributed by atoms with Gasteiger partial charge in [-0.15, -0.1) is 0 Å². The fraction of sp³-hybridized carbons (Fsp3) is 0.636. The number of carbonyl (C=O) groups excluding carboxylic acids is 2. The Morgan fingerprint density at radius 1 is 1.15 bits per heavy atom. The molecule has 1 saturated carbocycles. The van der Waals surface area contributed by atoms with Crippen molar-refractivity contribution in [1.82, 2.24) is 14.5 Å². The second kappa shape index (κ2) is 10.6. The molecule has 190 valence electrons. The zero-order valence-corrected chi connectivity index (χ0v) is 20.0. The lowest BCUT2D eigenvalue weighted by molar-refractivity contribution is -0.143. The van der Waals surface area contributed by atoms with Gasteiger partial charge in [-0.3, -0.25) is 9.59 Å². The molecule has 0 unspecified atom stereocenters. The normalized spacial score (nSPS) is 25.1. The molecule has 2 fully saturated rings. The van der Waals surface area contributed by atoms with Crippen LogP contribution >= 0.6 is 0 Å². The average Bonchev–Trinajstić information content (AvgIpc) is 3.20. The predicted octanol–water partition coefficient (Wildman–Crippen LogP) is 1.40. The number of halogens is 3. The Kier molecular flexibility index (Phi) is 8.25. The summed E-state index contributed by atoms with van der Waals surface area (Å²) in [7, 11) is -1.08. The monoisotopic (exact) mass is 504 g/mol. The first-order valence-corrected chi connectivity index (χ1v) is 12.8. The standard InChI is InChI=1S/C22H31F3N4O4S/c1-28(2)21(30)19(20(26)22(31)29-10-9-15(24)12-29)13-3-6-16(7-4-13)27-34(32,33)18-8-5-14(23)11-17(18)25/h5,8,11,13,15-16,19-20,27H,3-4,6-7,9-10,12,26H2,1-2H3/t13?,15-,16?,19-,20-/m0/s1. The molecule has 2 aliphatic rings. The van der Waals surface area contributed by atoms with Gasteiger partial charge in [0, 0.05) is 32.7 Å². The lowest BCUT2D eigenvalue weighted by Crippen LogP contribution is -2.54. The summed E-state index contributed by atoms with van der Waals surface area (Å²) in [6, 6.07) is 0.600. The molecule has 2 amide bonds. The van der Waals surface area contributed by atoms with Crippen molar-refractivity contribution < 1.29 is 31.2 Å². The lowest BCUT2D eigenvalue weighted by Gasteiger charge is -2.37. The molecule has 1 aromatic rings. The molecule has 1 aromatic carbocycles. The number of sulfonamides is 1. The highest BCUT2D eigenvalue weighted by atomic mass is 32.2. The van der Waals surface area contributed by atoms with Crippen LogP contribution in [-0.4, -0.2) is 75.5 Å². The molecule has 3 atom stereocenters. The number of nitrogens with two attached hydrogens (primary N) is 1. The van der Waals surface area contributed by atoms with Crippen molar-refractivity contribution >= 4 is 21.8 Å². The van der Waals surface area contributed by atoms with Crippen LogP contribution in [0.25, 0.3) is 0 Å². The van der Waals surface area contributed by atoms with E-state index in [0.29, 0.717) is 31.7 Å². The first kappa shape index (κ1) is 26.4. The van der Waals surface area contributed by atoms with Gasteiger partial charge in [-0.2, -0.15) is 0 Å². The smallest absolute Gasteiger partial charge is 0.243 e. The van der Waals surface area contributed by atoms with E-state index in [0.717, 1.165) is 12.1 Å². The third kappa shape index (κ3) is 5.89. The molecule has 34 heavy (non-hydrogen) atoms.